The minimum atomic E-state index is -3.49. The topological polar surface area (TPSA) is 97.3 Å². The Morgan fingerprint density at radius 1 is 0.846 bits per heavy atom. The predicted molar refractivity (Wildman–Crippen MR) is 206 cm³/mol. The summed E-state index contributed by atoms with van der Waals surface area (Å²) in [6, 6.07) is 34.9. The smallest absolute Gasteiger partial charge is 0.0622 e. The Morgan fingerprint density at radius 3 is 2.12 bits per heavy atom. The number of unbranched alkanes of at least 4 members (excludes halogenated alkanes) is 1. The number of benzene rings is 5. The van der Waals surface area contributed by atoms with Gasteiger partial charge in [0.1, 0.15) is 5.82 Å². The molecule has 268 valence electrons. The molecule has 0 aromatic heterocycles. The molecular weight excluding hydrogens is 678 g/mol. The van der Waals surface area contributed by atoms with E-state index in [9.17, 15) is 18.9 Å². The van der Waals surface area contributed by atoms with E-state index in [4.69, 9.17) is 13.8 Å². The summed E-state index contributed by atoms with van der Waals surface area (Å²) in [4.78, 5) is 39.5. The Balaban J connectivity index is 1.41. The SMILES string of the molecule is CCCCOc1cc(-c2ccc([PH](O)(OC)OC)cc2)ccc1[C@@H]1[C@H](/C=C/C(=O)c2ccc(F)cc2)NC(=O)N1c1ccc(-c2ccccc2)cc1. The maximum atomic E-state index is 13.9. The Kier molecular flexibility index (Phi) is 11.6. The number of anilines is 1. The zero-order chi connectivity index (χ0) is 36.7. The van der Waals surface area contributed by atoms with Crippen LogP contribution in [0.4, 0.5) is 14.9 Å². The molecule has 1 fully saturated rings. The average Bonchev–Trinajstić information content (AvgIpc) is 3.52. The number of nitrogens with one attached hydrogen (secondary N) is 1. The van der Waals surface area contributed by atoms with Gasteiger partial charge >= 0.3 is 201 Å². The van der Waals surface area contributed by atoms with E-state index in [0.717, 1.165) is 40.7 Å². The maximum absolute atomic E-state index is 13.9. The minimum Gasteiger partial charge on any atom is -0.0622 e. The molecule has 5 aromatic rings. The number of hydrogen-bond acceptors (Lipinski definition) is 6. The van der Waals surface area contributed by atoms with Gasteiger partial charge < -0.3 is 0 Å². The molecule has 0 spiro atoms. The van der Waals surface area contributed by atoms with E-state index in [1.54, 1.807) is 23.1 Å². The number of allylic oxidation sites excluding steroid dienone is 1. The molecule has 1 saturated heterocycles. The summed E-state index contributed by atoms with van der Waals surface area (Å²) in [6.45, 7) is 2.56. The van der Waals surface area contributed by atoms with Gasteiger partial charge in [0.25, 0.3) is 0 Å². The summed E-state index contributed by atoms with van der Waals surface area (Å²) in [6.07, 6.45) is 4.87. The molecule has 5 aromatic carbocycles. The molecule has 1 aliphatic rings. The Labute approximate surface area is 304 Å². The Bertz CT molecular complexity index is 2020. The Hall–Kier alpha value is -5.18. The second-order valence-electron chi connectivity index (χ2n) is 12.5. The van der Waals surface area contributed by atoms with Crippen molar-refractivity contribution in [2.45, 2.75) is 31.8 Å². The number of rotatable bonds is 14. The molecule has 2 N–H and O–H groups in total. The first-order valence-electron chi connectivity index (χ1n) is 17.2. The number of carbonyl (C=O) groups excluding carboxylic acids is 2. The number of urea groups is 1. The van der Waals surface area contributed by atoms with Gasteiger partial charge in [-0.1, -0.05) is 42.5 Å². The van der Waals surface area contributed by atoms with Gasteiger partial charge in [-0.2, -0.15) is 0 Å². The van der Waals surface area contributed by atoms with E-state index in [2.05, 4.69) is 12.2 Å². The summed E-state index contributed by atoms with van der Waals surface area (Å²) in [5, 5.41) is 3.65. The molecule has 0 radical (unpaired) electrons. The van der Waals surface area contributed by atoms with E-state index < -0.39 is 25.8 Å². The third-order valence-electron chi connectivity index (χ3n) is 9.19. The van der Waals surface area contributed by atoms with Crippen molar-refractivity contribution >= 4 is 30.7 Å². The molecule has 10 heteroatoms. The molecule has 8 nitrogen and oxygen atoms in total. The van der Waals surface area contributed by atoms with Gasteiger partial charge in [-0.25, -0.2) is 4.39 Å². The van der Waals surface area contributed by atoms with E-state index in [1.807, 2.05) is 84.9 Å². The van der Waals surface area contributed by atoms with Crippen LogP contribution in [-0.4, -0.2) is 43.6 Å². The van der Waals surface area contributed by atoms with Crippen LogP contribution in [-0.2, 0) is 9.05 Å². The predicted octanol–water partition coefficient (Wildman–Crippen LogP) is 8.82. The van der Waals surface area contributed by atoms with Crippen molar-refractivity contribution in [2.24, 2.45) is 0 Å². The molecule has 0 bridgehead atoms. The molecule has 2 amide bonds. The number of amides is 2. The summed E-state index contributed by atoms with van der Waals surface area (Å²) in [5.74, 6) is -0.139. The Morgan fingerprint density at radius 2 is 1.46 bits per heavy atom. The fraction of sp³-hybridized carbons (Fsp3) is 0.190. The summed E-state index contributed by atoms with van der Waals surface area (Å²) in [7, 11) is -0.643. The van der Waals surface area contributed by atoms with Crippen LogP contribution in [0.25, 0.3) is 22.3 Å². The zero-order valence-electron chi connectivity index (χ0n) is 29.3. The van der Waals surface area contributed by atoms with Crippen molar-refractivity contribution in [1.29, 1.82) is 0 Å². The normalized spacial score (nSPS) is 16.2. The number of ketones is 1. The number of hydrogen-bond donors (Lipinski definition) is 2. The van der Waals surface area contributed by atoms with Crippen LogP contribution >= 0.6 is 7.94 Å². The first kappa shape index (κ1) is 36.6. The standard InChI is InChI=1S/C42H42FN2O6P/c1-4-5-27-51-40-28-33(31-15-22-36(23-16-31)52(48,49-2)50-3)17-24-37(40)41-38(25-26-39(46)32-11-18-34(43)19-12-32)44-42(47)45(41)35-20-13-30(14-21-35)29-9-7-6-8-10-29/h6-26,28,38,41,48,52H,4-5,27H2,1-3H3,(H,44,47)/b26-25+/t38-,41+/m0/s1. The van der Waals surface area contributed by atoms with Gasteiger partial charge in [0.15, 0.2) is 5.78 Å². The fourth-order valence-corrected chi connectivity index (χ4v) is 7.52. The molecule has 0 saturated carbocycles. The van der Waals surface area contributed by atoms with E-state index in [1.165, 1.54) is 44.6 Å². The summed E-state index contributed by atoms with van der Waals surface area (Å²) >= 11 is 0. The molecule has 1 heterocycles. The summed E-state index contributed by atoms with van der Waals surface area (Å²) < 4.78 is 30.6. The van der Waals surface area contributed by atoms with Gasteiger partial charge in [0.2, 0.25) is 0 Å². The third kappa shape index (κ3) is 7.98. The van der Waals surface area contributed by atoms with Crippen molar-refractivity contribution in [2.75, 3.05) is 25.7 Å². The molecular formula is C42H42FN2O6P. The zero-order valence-corrected chi connectivity index (χ0v) is 30.3. The van der Waals surface area contributed by atoms with Crippen molar-refractivity contribution in [1.82, 2.24) is 5.32 Å². The molecule has 6 rings (SSSR count). The molecule has 0 aliphatic carbocycles. The van der Waals surface area contributed by atoms with Crippen LogP contribution in [0.5, 0.6) is 5.75 Å². The molecule has 1 aliphatic heterocycles. The fourth-order valence-electron chi connectivity index (χ4n) is 6.29. The molecule has 2 atom stereocenters. The van der Waals surface area contributed by atoms with E-state index >= 15 is 0 Å². The number of nitrogens with zero attached hydrogens (tertiary/aromatic N) is 1. The van der Waals surface area contributed by atoms with Crippen LogP contribution in [0.1, 0.15) is 41.7 Å². The van der Waals surface area contributed by atoms with Crippen LogP contribution < -0.4 is 20.3 Å². The molecule has 52 heavy (non-hydrogen) atoms. The van der Waals surface area contributed by atoms with E-state index in [0.29, 0.717) is 28.9 Å². The van der Waals surface area contributed by atoms with Crippen molar-refractivity contribution in [3.63, 3.8) is 0 Å². The van der Waals surface area contributed by atoms with Crippen LogP contribution in [0, 0.1) is 5.82 Å². The van der Waals surface area contributed by atoms with Crippen LogP contribution in [0.15, 0.2) is 133 Å². The van der Waals surface area contributed by atoms with Crippen molar-refractivity contribution in [3.8, 4) is 28.0 Å². The first-order valence-corrected chi connectivity index (χ1v) is 18.9. The number of halogens is 1. The van der Waals surface area contributed by atoms with Crippen molar-refractivity contribution < 1.29 is 32.7 Å². The third-order valence-corrected chi connectivity index (χ3v) is 11.4. The van der Waals surface area contributed by atoms with Gasteiger partial charge in [-0.05, 0) is 35.4 Å². The van der Waals surface area contributed by atoms with Gasteiger partial charge in [0, 0.05) is 5.56 Å². The molecule has 0 unspecified atom stereocenters. The second-order valence-corrected chi connectivity index (χ2v) is 15.0. The van der Waals surface area contributed by atoms with Gasteiger partial charge in [-0.15, -0.1) is 0 Å². The number of ether oxygens (including phenoxy) is 1. The van der Waals surface area contributed by atoms with Gasteiger partial charge in [-0.3, -0.25) is 4.79 Å². The quantitative estimate of drug-likeness (QED) is 0.0515. The number of carbonyl (C=O) groups is 2. The van der Waals surface area contributed by atoms with Crippen LogP contribution in [0.2, 0.25) is 0 Å². The van der Waals surface area contributed by atoms with Crippen molar-refractivity contribution in [3.05, 3.63) is 150 Å². The first-order chi connectivity index (χ1) is 25.2. The second kappa shape index (κ2) is 16.4. The summed E-state index contributed by atoms with van der Waals surface area (Å²) in [5.41, 5.74) is 5.59. The monoisotopic (exact) mass is 720 g/mol. The average molecular weight is 721 g/mol. The van der Waals surface area contributed by atoms with Crippen LogP contribution in [0.3, 0.4) is 0 Å². The minimum absolute atomic E-state index is 0.311. The van der Waals surface area contributed by atoms with E-state index in [-0.39, 0.29) is 11.8 Å². The van der Waals surface area contributed by atoms with Gasteiger partial charge in [0.05, 0.1) is 0 Å².